The molecule has 0 aliphatic rings. The molecule has 3 rings (SSSR count). The third-order valence-corrected chi connectivity index (χ3v) is 4.77. The van der Waals surface area contributed by atoms with Gasteiger partial charge in [-0.15, -0.1) is 0 Å². The molecule has 0 aliphatic carbocycles. The Balaban J connectivity index is 1.78. The van der Waals surface area contributed by atoms with Crippen LogP contribution in [0.4, 0.5) is 10.1 Å². The molecule has 1 heterocycles. The Morgan fingerprint density at radius 1 is 1.27 bits per heavy atom. The van der Waals surface area contributed by atoms with Crippen LogP contribution in [-0.2, 0) is 4.79 Å². The van der Waals surface area contributed by atoms with E-state index in [2.05, 4.69) is 10.6 Å². The van der Waals surface area contributed by atoms with Crippen molar-refractivity contribution in [3.63, 3.8) is 0 Å². The number of hydrogen-bond acceptors (Lipinski definition) is 5. The maximum atomic E-state index is 13.7. The number of aromatic nitrogens is 2. The van der Waals surface area contributed by atoms with Gasteiger partial charge in [-0.3, -0.25) is 4.79 Å². The summed E-state index contributed by atoms with van der Waals surface area (Å²) in [5.41, 5.74) is 1.79. The Labute approximate surface area is 153 Å². The van der Waals surface area contributed by atoms with E-state index in [1.165, 1.54) is 22.9 Å². The van der Waals surface area contributed by atoms with E-state index in [1.54, 1.807) is 25.1 Å². The number of carbonyl (C=O) groups is 1. The Kier molecular flexibility index (Phi) is 5.22. The molecule has 134 valence electrons. The fourth-order valence-corrected chi connectivity index (χ4v) is 3.08. The van der Waals surface area contributed by atoms with E-state index in [-0.39, 0.29) is 10.7 Å². The zero-order valence-electron chi connectivity index (χ0n) is 14.1. The number of halogens is 1. The van der Waals surface area contributed by atoms with Crippen molar-refractivity contribution >= 4 is 23.4 Å². The molecule has 0 aliphatic heterocycles. The van der Waals surface area contributed by atoms with Crippen LogP contribution in [0.15, 0.2) is 58.1 Å². The number of anilines is 1. The zero-order valence-corrected chi connectivity index (χ0v) is 14.9. The SMILES string of the molecule is Cc1ccc(-[n+]2noc([O-])c2SC(C)C(=O)Nc2ccccc2F)cc1. The summed E-state index contributed by atoms with van der Waals surface area (Å²) in [7, 11) is 0. The normalized spacial score (nSPS) is 12.0. The standard InChI is InChI=1S/C18H16FN3O3S/c1-11-7-9-13(10-8-11)22-17(18(24)25-21-22)26-12(2)16(23)20-15-6-4-3-5-14(15)19/h3-10,12H,1-2H3,(H-,20,21,23,24). The summed E-state index contributed by atoms with van der Waals surface area (Å²) >= 11 is 0.995. The summed E-state index contributed by atoms with van der Waals surface area (Å²) in [6.07, 6.45) is 0. The summed E-state index contributed by atoms with van der Waals surface area (Å²) in [6.45, 7) is 3.56. The number of aryl methyl sites for hydroxylation is 1. The van der Waals surface area contributed by atoms with Crippen molar-refractivity contribution in [2.45, 2.75) is 24.1 Å². The minimum Gasteiger partial charge on any atom is -0.538 e. The van der Waals surface area contributed by atoms with E-state index < -0.39 is 22.9 Å². The van der Waals surface area contributed by atoms with Crippen LogP contribution >= 0.6 is 11.8 Å². The van der Waals surface area contributed by atoms with Crippen molar-refractivity contribution in [3.8, 4) is 11.6 Å². The van der Waals surface area contributed by atoms with Gasteiger partial charge in [0, 0.05) is 12.1 Å². The van der Waals surface area contributed by atoms with Crippen LogP contribution in [0.5, 0.6) is 5.95 Å². The fourth-order valence-electron chi connectivity index (χ4n) is 2.21. The second kappa shape index (κ2) is 7.57. The van der Waals surface area contributed by atoms with Gasteiger partial charge >= 0.3 is 0 Å². The number of nitrogens with zero attached hydrogens (tertiary/aromatic N) is 2. The van der Waals surface area contributed by atoms with Crippen LogP contribution < -0.4 is 15.1 Å². The number of rotatable bonds is 5. The first-order chi connectivity index (χ1) is 12.5. The summed E-state index contributed by atoms with van der Waals surface area (Å²) in [4.78, 5) is 12.3. The molecule has 3 aromatic rings. The van der Waals surface area contributed by atoms with Crippen LogP contribution in [0, 0.1) is 12.7 Å². The van der Waals surface area contributed by atoms with Gasteiger partial charge < -0.3 is 14.9 Å². The molecule has 1 atom stereocenters. The summed E-state index contributed by atoms with van der Waals surface area (Å²) in [5, 5.41) is 17.7. The van der Waals surface area contributed by atoms with E-state index >= 15 is 0 Å². The van der Waals surface area contributed by atoms with Gasteiger partial charge in [0.25, 0.3) is 5.03 Å². The zero-order chi connectivity index (χ0) is 18.7. The molecule has 1 N–H and O–H groups in total. The van der Waals surface area contributed by atoms with E-state index in [0.717, 1.165) is 17.3 Å². The highest BCUT2D eigenvalue weighted by Crippen LogP contribution is 2.28. The molecule has 0 bridgehead atoms. The summed E-state index contributed by atoms with van der Waals surface area (Å²) < 4.78 is 19.8. The van der Waals surface area contributed by atoms with Crippen molar-refractivity contribution in [2.24, 2.45) is 0 Å². The van der Waals surface area contributed by atoms with Crippen LogP contribution in [0.25, 0.3) is 5.69 Å². The van der Waals surface area contributed by atoms with Crippen LogP contribution in [0.3, 0.4) is 0 Å². The number of para-hydroxylation sites is 1. The van der Waals surface area contributed by atoms with E-state index in [1.807, 2.05) is 19.1 Å². The quantitative estimate of drug-likeness (QED) is 0.549. The minimum absolute atomic E-state index is 0.0871. The number of nitrogens with one attached hydrogen (secondary N) is 1. The molecule has 1 aromatic heterocycles. The number of hydrogen-bond donors (Lipinski definition) is 1. The molecule has 0 fully saturated rings. The Morgan fingerprint density at radius 3 is 2.65 bits per heavy atom. The lowest BCUT2D eigenvalue weighted by Gasteiger charge is -2.10. The number of amides is 1. The Hall–Kier alpha value is -2.87. The first-order valence-corrected chi connectivity index (χ1v) is 8.72. The number of thioether (sulfide) groups is 1. The molecular formula is C18H16FN3O3S. The highest BCUT2D eigenvalue weighted by atomic mass is 32.2. The molecule has 26 heavy (non-hydrogen) atoms. The van der Waals surface area contributed by atoms with Crippen LogP contribution in [0.2, 0.25) is 0 Å². The minimum atomic E-state index is -0.668. The number of benzene rings is 2. The lowest BCUT2D eigenvalue weighted by atomic mass is 10.2. The van der Waals surface area contributed by atoms with Crippen LogP contribution in [0.1, 0.15) is 12.5 Å². The van der Waals surface area contributed by atoms with E-state index in [4.69, 9.17) is 4.52 Å². The van der Waals surface area contributed by atoms with E-state index in [0.29, 0.717) is 5.69 Å². The Morgan fingerprint density at radius 2 is 1.96 bits per heavy atom. The van der Waals surface area contributed by atoms with Gasteiger partial charge in [0.05, 0.1) is 16.2 Å². The van der Waals surface area contributed by atoms with Crippen molar-refractivity contribution in [1.82, 2.24) is 5.27 Å². The van der Waals surface area contributed by atoms with Gasteiger partial charge in [0.1, 0.15) is 5.82 Å². The maximum absolute atomic E-state index is 13.7. The van der Waals surface area contributed by atoms with Gasteiger partial charge in [-0.25, -0.2) is 4.39 Å². The molecule has 0 radical (unpaired) electrons. The van der Waals surface area contributed by atoms with Gasteiger partial charge in [0.15, 0.2) is 5.95 Å². The topological polar surface area (TPSA) is 82.1 Å². The molecule has 1 unspecified atom stereocenters. The monoisotopic (exact) mass is 373 g/mol. The summed E-state index contributed by atoms with van der Waals surface area (Å²) in [6, 6.07) is 13.2. The second-order valence-corrected chi connectivity index (χ2v) is 6.97. The smallest absolute Gasteiger partial charge is 0.298 e. The van der Waals surface area contributed by atoms with Crippen LogP contribution in [-0.4, -0.2) is 16.4 Å². The average molecular weight is 373 g/mol. The van der Waals surface area contributed by atoms with Crippen molar-refractivity contribution in [3.05, 3.63) is 59.9 Å². The third kappa shape index (κ3) is 3.85. The molecule has 1 amide bonds. The second-order valence-electron chi connectivity index (χ2n) is 5.64. The third-order valence-electron chi connectivity index (χ3n) is 3.64. The van der Waals surface area contributed by atoms with Crippen molar-refractivity contribution in [2.75, 3.05) is 5.32 Å². The lowest BCUT2D eigenvalue weighted by Crippen LogP contribution is -2.36. The predicted octanol–water partition coefficient (Wildman–Crippen LogP) is 2.59. The fraction of sp³-hybridized carbons (Fsp3) is 0.167. The highest BCUT2D eigenvalue weighted by Gasteiger charge is 2.26. The average Bonchev–Trinajstić information content (AvgIpc) is 2.98. The Bertz CT molecular complexity index is 928. The number of carbonyl (C=O) groups excluding carboxylic acids is 1. The summed E-state index contributed by atoms with van der Waals surface area (Å²) in [5.74, 6) is -1.60. The first-order valence-electron chi connectivity index (χ1n) is 7.84. The first kappa shape index (κ1) is 17.9. The molecule has 6 nitrogen and oxygen atoms in total. The molecule has 0 saturated carbocycles. The predicted molar refractivity (Wildman–Crippen MR) is 92.6 cm³/mol. The molecule has 2 aromatic carbocycles. The van der Waals surface area contributed by atoms with Gasteiger partial charge in [-0.05, 0) is 42.4 Å². The van der Waals surface area contributed by atoms with Gasteiger partial charge in [-0.1, -0.05) is 29.8 Å². The molecule has 0 spiro atoms. The highest BCUT2D eigenvalue weighted by molar-refractivity contribution is 8.00. The molecule has 0 saturated heterocycles. The molecule has 8 heteroatoms. The lowest BCUT2D eigenvalue weighted by molar-refractivity contribution is -0.705. The largest absolute Gasteiger partial charge is 0.538 e. The molecular weight excluding hydrogens is 357 g/mol. The van der Waals surface area contributed by atoms with Gasteiger partial charge in [0.2, 0.25) is 11.6 Å². The van der Waals surface area contributed by atoms with Crippen molar-refractivity contribution < 1.29 is 23.5 Å². The maximum Gasteiger partial charge on any atom is 0.298 e. The van der Waals surface area contributed by atoms with Gasteiger partial charge in [-0.2, -0.15) is 0 Å². The van der Waals surface area contributed by atoms with Crippen molar-refractivity contribution in [1.29, 1.82) is 0 Å². The van der Waals surface area contributed by atoms with E-state index in [9.17, 15) is 14.3 Å².